The third-order valence-corrected chi connectivity index (χ3v) is 6.22. The normalized spacial score (nSPS) is 17.0. The monoisotopic (exact) mass is 434 g/mol. The van der Waals surface area contributed by atoms with E-state index >= 15 is 0 Å². The Kier molecular flexibility index (Phi) is 5.53. The lowest BCUT2D eigenvalue weighted by Gasteiger charge is -2.36. The maximum absolute atomic E-state index is 13.3. The number of fused-ring (bicyclic) bond motifs is 2. The van der Waals surface area contributed by atoms with Crippen molar-refractivity contribution < 1.29 is 14.3 Å². The van der Waals surface area contributed by atoms with Gasteiger partial charge in [-0.15, -0.1) is 0 Å². The average molecular weight is 434 g/mol. The number of carbonyl (C=O) groups excluding carboxylic acids is 1. The van der Waals surface area contributed by atoms with Gasteiger partial charge in [-0.3, -0.25) is 19.1 Å². The van der Waals surface area contributed by atoms with Crippen LogP contribution in [0, 0.1) is 0 Å². The number of nitrogens with zero attached hydrogens (tertiary/aromatic N) is 4. The fourth-order valence-corrected chi connectivity index (χ4v) is 4.43. The van der Waals surface area contributed by atoms with Gasteiger partial charge in [-0.05, 0) is 36.2 Å². The van der Waals surface area contributed by atoms with E-state index in [0.29, 0.717) is 30.4 Å². The number of hydrogen-bond acceptors (Lipinski definition) is 6. The predicted molar refractivity (Wildman–Crippen MR) is 120 cm³/mol. The van der Waals surface area contributed by atoms with Crippen LogP contribution in [0.15, 0.2) is 53.6 Å². The van der Waals surface area contributed by atoms with Crippen molar-refractivity contribution in [3.63, 3.8) is 0 Å². The maximum Gasteiger partial charge on any atom is 0.261 e. The Hall–Kier alpha value is -3.39. The zero-order valence-corrected chi connectivity index (χ0v) is 18.1. The Morgan fingerprint density at radius 3 is 2.66 bits per heavy atom. The van der Waals surface area contributed by atoms with Gasteiger partial charge in [0.25, 0.3) is 5.56 Å². The number of para-hydroxylation sites is 1. The zero-order chi connectivity index (χ0) is 22.1. The van der Waals surface area contributed by atoms with Crippen molar-refractivity contribution in [3.05, 3.63) is 64.7 Å². The second kappa shape index (κ2) is 8.63. The molecule has 1 saturated heterocycles. The van der Waals surface area contributed by atoms with Crippen LogP contribution in [-0.2, 0) is 11.3 Å². The molecule has 5 rings (SSSR count). The lowest BCUT2D eigenvalue weighted by Crippen LogP contribution is -2.50. The topological polar surface area (TPSA) is 76.9 Å². The van der Waals surface area contributed by atoms with Gasteiger partial charge < -0.3 is 14.4 Å². The summed E-state index contributed by atoms with van der Waals surface area (Å²) in [4.78, 5) is 34.9. The van der Waals surface area contributed by atoms with Crippen LogP contribution < -0.4 is 15.0 Å². The van der Waals surface area contributed by atoms with E-state index in [-0.39, 0.29) is 18.3 Å². The van der Waals surface area contributed by atoms with Crippen LogP contribution >= 0.6 is 0 Å². The molecule has 0 bridgehead atoms. The molecule has 32 heavy (non-hydrogen) atoms. The van der Waals surface area contributed by atoms with Crippen LogP contribution in [0.3, 0.4) is 0 Å². The summed E-state index contributed by atoms with van der Waals surface area (Å²) >= 11 is 0. The number of carbonyl (C=O) groups is 1. The molecular weight excluding hydrogens is 408 g/mol. The molecule has 0 spiro atoms. The first-order chi connectivity index (χ1) is 15.6. The molecule has 1 aromatic heterocycles. The van der Waals surface area contributed by atoms with Crippen LogP contribution in [0.5, 0.6) is 11.5 Å². The van der Waals surface area contributed by atoms with Gasteiger partial charge in [-0.1, -0.05) is 25.1 Å². The quantitative estimate of drug-likeness (QED) is 0.614. The van der Waals surface area contributed by atoms with Crippen LogP contribution in [0.4, 0.5) is 0 Å². The van der Waals surface area contributed by atoms with Gasteiger partial charge in [0.2, 0.25) is 12.7 Å². The summed E-state index contributed by atoms with van der Waals surface area (Å²) in [5, 5.41) is 0.537. The first-order valence-corrected chi connectivity index (χ1v) is 11.0. The summed E-state index contributed by atoms with van der Waals surface area (Å²) < 4.78 is 12.3. The van der Waals surface area contributed by atoms with Crippen molar-refractivity contribution in [1.29, 1.82) is 0 Å². The highest BCUT2D eigenvalue weighted by Gasteiger charge is 2.29. The van der Waals surface area contributed by atoms with Gasteiger partial charge in [-0.25, -0.2) is 4.98 Å². The summed E-state index contributed by atoms with van der Waals surface area (Å²) in [6.07, 6.45) is 2.04. The summed E-state index contributed by atoms with van der Waals surface area (Å²) in [6, 6.07) is 12.7. The summed E-state index contributed by atoms with van der Waals surface area (Å²) in [5.41, 5.74) is 1.64. The van der Waals surface area contributed by atoms with E-state index in [0.717, 1.165) is 36.7 Å². The van der Waals surface area contributed by atoms with Gasteiger partial charge in [-0.2, -0.15) is 0 Å². The van der Waals surface area contributed by atoms with E-state index in [4.69, 9.17) is 9.47 Å². The Balaban J connectivity index is 1.25. The Morgan fingerprint density at radius 2 is 1.84 bits per heavy atom. The second-order valence-electron chi connectivity index (χ2n) is 8.19. The maximum atomic E-state index is 13.3. The molecule has 2 aromatic carbocycles. The number of hydrogen-bond donors (Lipinski definition) is 0. The first-order valence-electron chi connectivity index (χ1n) is 11.0. The van der Waals surface area contributed by atoms with Crippen LogP contribution in [-0.4, -0.2) is 58.2 Å². The third-order valence-electron chi connectivity index (χ3n) is 6.22. The number of rotatable bonds is 5. The number of ether oxygens (including phenoxy) is 2. The molecule has 3 heterocycles. The minimum Gasteiger partial charge on any atom is -0.454 e. The molecule has 3 aromatic rings. The van der Waals surface area contributed by atoms with Crippen LogP contribution in [0.25, 0.3) is 10.9 Å². The lowest BCUT2D eigenvalue weighted by atomic mass is 10.1. The molecule has 1 amide bonds. The van der Waals surface area contributed by atoms with Gasteiger partial charge in [0.05, 0.1) is 17.2 Å². The smallest absolute Gasteiger partial charge is 0.261 e. The number of aromatic nitrogens is 2. The second-order valence-corrected chi connectivity index (χ2v) is 8.19. The van der Waals surface area contributed by atoms with E-state index in [1.54, 1.807) is 6.07 Å². The van der Waals surface area contributed by atoms with Gasteiger partial charge in [0.15, 0.2) is 11.5 Å². The van der Waals surface area contributed by atoms with Crippen molar-refractivity contribution in [1.82, 2.24) is 19.4 Å². The van der Waals surface area contributed by atoms with Crippen molar-refractivity contribution in [2.45, 2.75) is 25.9 Å². The predicted octanol–water partition coefficient (Wildman–Crippen LogP) is 2.42. The summed E-state index contributed by atoms with van der Waals surface area (Å²) in [6.45, 7) is 5.83. The molecule has 2 aliphatic heterocycles. The van der Waals surface area contributed by atoms with Crippen molar-refractivity contribution >= 4 is 16.8 Å². The van der Waals surface area contributed by atoms with E-state index < -0.39 is 6.04 Å². The SMILES string of the molecule is CC[C@@H](C(=O)N1CCN(Cc2ccc3c(c2)OCO3)CC1)n1cnc2ccccc2c1=O. The van der Waals surface area contributed by atoms with Crippen molar-refractivity contribution in [2.75, 3.05) is 33.0 Å². The molecule has 2 aliphatic rings. The van der Waals surface area contributed by atoms with E-state index in [1.165, 1.54) is 10.9 Å². The standard InChI is InChI=1S/C24H26N4O4/c1-2-20(28-15-25-19-6-4-3-5-18(19)23(28)29)24(30)27-11-9-26(10-12-27)14-17-7-8-21-22(13-17)32-16-31-21/h3-8,13,15,20H,2,9-12,14,16H2,1H3/t20-/m0/s1. The minimum atomic E-state index is -0.542. The number of benzene rings is 2. The van der Waals surface area contributed by atoms with Crippen LogP contribution in [0.2, 0.25) is 0 Å². The average Bonchev–Trinajstić information content (AvgIpc) is 3.29. The lowest BCUT2D eigenvalue weighted by molar-refractivity contribution is -0.136. The third kappa shape index (κ3) is 3.82. The van der Waals surface area contributed by atoms with Crippen molar-refractivity contribution in [2.24, 2.45) is 0 Å². The van der Waals surface area contributed by atoms with Gasteiger partial charge >= 0.3 is 0 Å². The minimum absolute atomic E-state index is 0.0191. The fourth-order valence-electron chi connectivity index (χ4n) is 4.43. The first kappa shape index (κ1) is 20.5. The molecule has 1 fully saturated rings. The van der Waals surface area contributed by atoms with E-state index in [2.05, 4.69) is 16.0 Å². The summed E-state index contributed by atoms with van der Waals surface area (Å²) in [7, 11) is 0. The van der Waals surface area contributed by atoms with Crippen LogP contribution in [0.1, 0.15) is 24.9 Å². The zero-order valence-electron chi connectivity index (χ0n) is 18.1. The molecule has 0 radical (unpaired) electrons. The molecule has 0 saturated carbocycles. The van der Waals surface area contributed by atoms with E-state index in [1.807, 2.05) is 42.2 Å². The Labute approximate surface area is 186 Å². The number of piperazine rings is 1. The highest BCUT2D eigenvalue weighted by Crippen LogP contribution is 2.32. The summed E-state index contributed by atoms with van der Waals surface area (Å²) in [5.74, 6) is 1.55. The molecular formula is C24H26N4O4. The Morgan fingerprint density at radius 1 is 1.06 bits per heavy atom. The largest absolute Gasteiger partial charge is 0.454 e. The molecule has 8 nitrogen and oxygen atoms in total. The highest BCUT2D eigenvalue weighted by atomic mass is 16.7. The van der Waals surface area contributed by atoms with E-state index in [9.17, 15) is 9.59 Å². The highest BCUT2D eigenvalue weighted by molar-refractivity contribution is 5.82. The molecule has 166 valence electrons. The number of amides is 1. The Bertz CT molecular complexity index is 1200. The molecule has 0 unspecified atom stereocenters. The molecule has 8 heteroatoms. The van der Waals surface area contributed by atoms with Gasteiger partial charge in [0.1, 0.15) is 6.04 Å². The molecule has 0 N–H and O–H groups in total. The van der Waals surface area contributed by atoms with Gasteiger partial charge in [0, 0.05) is 32.7 Å². The van der Waals surface area contributed by atoms with Crippen molar-refractivity contribution in [3.8, 4) is 11.5 Å². The molecule has 1 atom stereocenters. The fraction of sp³-hybridized carbons (Fsp3) is 0.375. The molecule has 0 aliphatic carbocycles.